The van der Waals surface area contributed by atoms with Gasteiger partial charge in [-0.1, -0.05) is 36.4 Å². The molecule has 1 aromatic carbocycles. The van der Waals surface area contributed by atoms with Crippen LogP contribution in [0, 0.1) is 5.41 Å². The standard InChI is InChI=1S/C18H13N5/c19-18-15-13(14-8-4-5-9-20-14)10-21-17(15)16(22-11-23-18)12-6-2-1-3-7-12/h1-11,19,21H. The van der Waals surface area contributed by atoms with Gasteiger partial charge < -0.3 is 4.98 Å². The predicted molar refractivity (Wildman–Crippen MR) is 88.4 cm³/mol. The molecule has 4 rings (SSSR count). The first-order valence-corrected chi connectivity index (χ1v) is 7.22. The van der Waals surface area contributed by atoms with Crippen LogP contribution in [-0.4, -0.2) is 19.9 Å². The van der Waals surface area contributed by atoms with Crippen LogP contribution >= 0.6 is 0 Å². The lowest BCUT2D eigenvalue weighted by atomic mass is 10.1. The molecule has 5 heteroatoms. The fourth-order valence-electron chi connectivity index (χ4n) is 2.67. The molecule has 0 aliphatic heterocycles. The first kappa shape index (κ1) is 13.3. The van der Waals surface area contributed by atoms with Crippen molar-refractivity contribution in [3.8, 4) is 22.5 Å². The Bertz CT molecular complexity index is 1020. The number of benzene rings is 1. The van der Waals surface area contributed by atoms with E-state index >= 15 is 0 Å². The van der Waals surface area contributed by atoms with E-state index in [0.717, 1.165) is 33.4 Å². The first-order chi connectivity index (χ1) is 11.3. The second-order valence-corrected chi connectivity index (χ2v) is 5.10. The summed E-state index contributed by atoms with van der Waals surface area (Å²) in [6.07, 6.45) is 5.03. The van der Waals surface area contributed by atoms with E-state index in [-0.39, 0.29) is 5.49 Å². The topological polar surface area (TPSA) is 78.3 Å². The lowest BCUT2D eigenvalue weighted by Crippen LogP contribution is -2.02. The summed E-state index contributed by atoms with van der Waals surface area (Å²) in [6, 6.07) is 15.6. The van der Waals surface area contributed by atoms with E-state index in [9.17, 15) is 0 Å². The van der Waals surface area contributed by atoms with Gasteiger partial charge in [0.2, 0.25) is 0 Å². The highest BCUT2D eigenvalue weighted by Crippen LogP contribution is 2.29. The number of fused-ring (bicyclic) bond motifs is 1. The van der Waals surface area contributed by atoms with Gasteiger partial charge in [0.15, 0.2) is 5.49 Å². The Morgan fingerprint density at radius 2 is 1.70 bits per heavy atom. The Morgan fingerprint density at radius 3 is 2.48 bits per heavy atom. The summed E-state index contributed by atoms with van der Waals surface area (Å²) in [5, 5.41) is 8.97. The smallest absolute Gasteiger partial charge is 0.156 e. The van der Waals surface area contributed by atoms with Crippen molar-refractivity contribution in [2.24, 2.45) is 0 Å². The maximum atomic E-state index is 8.25. The van der Waals surface area contributed by atoms with Crippen LogP contribution in [0.4, 0.5) is 0 Å². The van der Waals surface area contributed by atoms with Gasteiger partial charge in [0, 0.05) is 23.5 Å². The normalized spacial score (nSPS) is 10.8. The van der Waals surface area contributed by atoms with Crippen LogP contribution in [-0.2, 0) is 0 Å². The molecule has 0 radical (unpaired) electrons. The molecule has 0 aliphatic carbocycles. The van der Waals surface area contributed by atoms with Gasteiger partial charge in [0.25, 0.3) is 0 Å². The summed E-state index contributed by atoms with van der Waals surface area (Å²) in [7, 11) is 0. The molecule has 23 heavy (non-hydrogen) atoms. The van der Waals surface area contributed by atoms with E-state index in [1.165, 1.54) is 6.33 Å². The SMILES string of the molecule is N=c1ncnc(-c2ccccc2)c2[nH]cc(-c3ccccn3)c12. The Balaban J connectivity index is 2.08. The third-order valence-electron chi connectivity index (χ3n) is 3.72. The molecule has 4 aromatic rings. The van der Waals surface area contributed by atoms with E-state index in [0.29, 0.717) is 0 Å². The van der Waals surface area contributed by atoms with Crippen molar-refractivity contribution in [3.63, 3.8) is 0 Å². The van der Waals surface area contributed by atoms with Crippen molar-refractivity contribution in [2.45, 2.75) is 0 Å². The van der Waals surface area contributed by atoms with Crippen molar-refractivity contribution in [2.75, 3.05) is 0 Å². The lowest BCUT2D eigenvalue weighted by Gasteiger charge is -1.99. The summed E-state index contributed by atoms with van der Waals surface area (Å²) in [5.74, 6) is 0. The Hall–Kier alpha value is -3.34. The summed E-state index contributed by atoms with van der Waals surface area (Å²) in [6.45, 7) is 0. The number of aromatic nitrogens is 4. The molecule has 0 bridgehead atoms. The van der Waals surface area contributed by atoms with Crippen molar-refractivity contribution in [3.05, 3.63) is 72.7 Å². The quantitative estimate of drug-likeness (QED) is 0.596. The fourth-order valence-corrected chi connectivity index (χ4v) is 2.67. The number of pyridine rings is 1. The third kappa shape index (κ3) is 2.28. The highest BCUT2D eigenvalue weighted by atomic mass is 14.9. The molecule has 0 saturated carbocycles. The van der Waals surface area contributed by atoms with E-state index in [1.54, 1.807) is 6.20 Å². The van der Waals surface area contributed by atoms with Gasteiger partial charge in [-0.05, 0) is 12.1 Å². The Kier molecular flexibility index (Phi) is 3.16. The number of hydrogen-bond donors (Lipinski definition) is 2. The molecule has 0 fully saturated rings. The number of hydrogen-bond acceptors (Lipinski definition) is 4. The van der Waals surface area contributed by atoms with Crippen LogP contribution in [0.1, 0.15) is 0 Å². The van der Waals surface area contributed by atoms with Crippen molar-refractivity contribution in [1.82, 2.24) is 19.9 Å². The second kappa shape index (κ2) is 5.46. The molecular weight excluding hydrogens is 286 g/mol. The molecule has 0 amide bonds. The van der Waals surface area contributed by atoms with Crippen LogP contribution in [0.2, 0.25) is 0 Å². The average molecular weight is 299 g/mol. The fraction of sp³-hybridized carbons (Fsp3) is 0. The van der Waals surface area contributed by atoms with Gasteiger partial charge in [-0.25, -0.2) is 9.97 Å². The maximum absolute atomic E-state index is 8.25. The van der Waals surface area contributed by atoms with E-state index in [4.69, 9.17) is 5.41 Å². The summed E-state index contributed by atoms with van der Waals surface area (Å²) in [5.41, 5.74) is 4.38. The minimum absolute atomic E-state index is 0.177. The van der Waals surface area contributed by atoms with Crippen LogP contribution in [0.25, 0.3) is 33.4 Å². The van der Waals surface area contributed by atoms with Crippen LogP contribution in [0.5, 0.6) is 0 Å². The average Bonchev–Trinajstić information content (AvgIpc) is 2.98. The molecule has 3 aromatic heterocycles. The van der Waals surface area contributed by atoms with Gasteiger partial charge in [-0.3, -0.25) is 10.4 Å². The monoisotopic (exact) mass is 299 g/mol. The summed E-state index contributed by atoms with van der Waals surface area (Å²) in [4.78, 5) is 16.2. The number of aromatic amines is 1. The van der Waals surface area contributed by atoms with Gasteiger partial charge in [0.05, 0.1) is 22.3 Å². The van der Waals surface area contributed by atoms with Crippen molar-refractivity contribution < 1.29 is 0 Å². The number of nitrogens with one attached hydrogen (secondary N) is 2. The highest BCUT2D eigenvalue weighted by Gasteiger charge is 2.13. The van der Waals surface area contributed by atoms with Crippen LogP contribution < -0.4 is 5.49 Å². The number of H-pyrrole nitrogens is 1. The zero-order valence-electron chi connectivity index (χ0n) is 12.2. The zero-order valence-corrected chi connectivity index (χ0v) is 12.2. The molecular formula is C18H13N5. The second-order valence-electron chi connectivity index (χ2n) is 5.10. The summed E-state index contributed by atoms with van der Waals surface area (Å²) >= 11 is 0. The van der Waals surface area contributed by atoms with E-state index in [2.05, 4.69) is 19.9 Å². The molecule has 0 atom stereocenters. The van der Waals surface area contributed by atoms with E-state index in [1.807, 2.05) is 54.7 Å². The molecule has 2 N–H and O–H groups in total. The predicted octanol–water partition coefficient (Wildman–Crippen LogP) is 3.17. The maximum Gasteiger partial charge on any atom is 0.156 e. The third-order valence-corrected chi connectivity index (χ3v) is 3.72. The van der Waals surface area contributed by atoms with E-state index < -0.39 is 0 Å². The minimum Gasteiger partial charge on any atom is -0.359 e. The lowest BCUT2D eigenvalue weighted by molar-refractivity contribution is 1.10. The van der Waals surface area contributed by atoms with Crippen LogP contribution in [0.3, 0.4) is 0 Å². The van der Waals surface area contributed by atoms with Crippen molar-refractivity contribution in [1.29, 1.82) is 5.41 Å². The molecule has 0 spiro atoms. The number of rotatable bonds is 2. The number of nitrogens with zero attached hydrogens (tertiary/aromatic N) is 3. The molecule has 0 aliphatic rings. The van der Waals surface area contributed by atoms with Crippen molar-refractivity contribution >= 4 is 10.9 Å². The molecule has 0 unspecified atom stereocenters. The zero-order chi connectivity index (χ0) is 15.6. The Labute approximate surface area is 132 Å². The van der Waals surface area contributed by atoms with Gasteiger partial charge in [0.1, 0.15) is 6.33 Å². The molecule has 5 nitrogen and oxygen atoms in total. The van der Waals surface area contributed by atoms with Gasteiger partial charge in [-0.2, -0.15) is 0 Å². The molecule has 0 saturated heterocycles. The first-order valence-electron chi connectivity index (χ1n) is 7.22. The molecule has 110 valence electrons. The highest BCUT2D eigenvalue weighted by molar-refractivity contribution is 5.99. The van der Waals surface area contributed by atoms with Gasteiger partial charge in [-0.15, -0.1) is 0 Å². The molecule has 3 heterocycles. The van der Waals surface area contributed by atoms with Gasteiger partial charge >= 0.3 is 0 Å². The summed E-state index contributed by atoms with van der Waals surface area (Å²) < 4.78 is 0. The largest absolute Gasteiger partial charge is 0.359 e. The Morgan fingerprint density at radius 1 is 0.870 bits per heavy atom. The van der Waals surface area contributed by atoms with Crippen LogP contribution in [0.15, 0.2) is 67.3 Å². The minimum atomic E-state index is 0.177.